The molecular formula is C44H54N4O11. The van der Waals surface area contributed by atoms with Gasteiger partial charge >= 0.3 is 11.9 Å². The number of rotatable bonds is 11. The van der Waals surface area contributed by atoms with Crippen LogP contribution in [0.2, 0.25) is 0 Å². The van der Waals surface area contributed by atoms with E-state index in [1.165, 1.54) is 7.11 Å². The second kappa shape index (κ2) is 14.4. The molecule has 7 aliphatic rings. The van der Waals surface area contributed by atoms with E-state index in [2.05, 4.69) is 16.4 Å². The van der Waals surface area contributed by atoms with E-state index < -0.39 is 87.2 Å². The molecule has 1 saturated heterocycles. The number of fused-ring (bicyclic) bond motifs is 2. The molecule has 8 rings (SSSR count). The summed E-state index contributed by atoms with van der Waals surface area (Å²) in [5.74, 6) is -8.33. The van der Waals surface area contributed by atoms with E-state index in [-0.39, 0.29) is 48.3 Å². The van der Waals surface area contributed by atoms with Crippen LogP contribution >= 0.6 is 0 Å². The first-order valence-electron chi connectivity index (χ1n) is 20.0. The maximum absolute atomic E-state index is 16.1. The van der Waals surface area contributed by atoms with Crippen molar-refractivity contribution in [3.63, 3.8) is 0 Å². The molecule has 1 aromatic rings. The van der Waals surface area contributed by atoms with Gasteiger partial charge in [0.1, 0.15) is 34.3 Å². The first-order valence-corrected chi connectivity index (χ1v) is 20.0. The third-order valence-electron chi connectivity index (χ3n) is 13.3. The number of carbonyl (C=O) groups is 4. The van der Waals surface area contributed by atoms with Crippen LogP contribution in [0.4, 0.5) is 0 Å². The zero-order chi connectivity index (χ0) is 43.1. The number of nitrogens with two attached hydrogens (primary N) is 2. The average Bonchev–Trinajstić information content (AvgIpc) is 3.31. The number of amidine groups is 2. The summed E-state index contributed by atoms with van der Waals surface area (Å²) >= 11 is 0. The fraction of sp³-hybridized carbons (Fsp3) is 0.545. The number of nitrogens with zero attached hydrogens (tertiary/aromatic N) is 2. The van der Waals surface area contributed by atoms with Gasteiger partial charge in [0, 0.05) is 29.4 Å². The fourth-order valence-electron chi connectivity index (χ4n) is 10.9. The van der Waals surface area contributed by atoms with Crippen LogP contribution in [0.1, 0.15) is 109 Å². The van der Waals surface area contributed by atoms with Crippen LogP contribution in [0.15, 0.2) is 51.3 Å². The Morgan fingerprint density at radius 3 is 2.20 bits per heavy atom. The molecule has 4 heterocycles. The molecule has 3 saturated carbocycles. The van der Waals surface area contributed by atoms with Crippen LogP contribution in [0, 0.1) is 29.6 Å². The molecular weight excluding hydrogens is 761 g/mol. The molecule has 0 radical (unpaired) electrons. The third-order valence-corrected chi connectivity index (χ3v) is 13.3. The SMILES string of the molecule is COC(=O)/C(C)=C\CC12OC(C)(C)C3CC(C1=O)C(C(/C(N)=N/O)/C(N)=N\O)C1C(=O)c4c(c(CC=C(C)C)c5c6c4OC(=O)CC6=CC(C)(CCC=C(C)C)O5)OC132. The Morgan fingerprint density at radius 1 is 0.949 bits per heavy atom. The Hall–Kier alpha value is -5.44. The number of methoxy groups -OCH3 is 1. The summed E-state index contributed by atoms with van der Waals surface area (Å²) in [4.78, 5) is 57.8. The van der Waals surface area contributed by atoms with Gasteiger partial charge in [-0.05, 0) is 98.6 Å². The highest BCUT2D eigenvalue weighted by atomic mass is 16.6. The van der Waals surface area contributed by atoms with Gasteiger partial charge in [0.05, 0.1) is 36.5 Å². The molecule has 8 unspecified atom stereocenters. The van der Waals surface area contributed by atoms with E-state index in [0.29, 0.717) is 35.3 Å². The van der Waals surface area contributed by atoms with E-state index in [1.807, 2.05) is 60.6 Å². The highest BCUT2D eigenvalue weighted by Crippen LogP contribution is 2.73. The number of carbonyl (C=O) groups excluding carboxylic acids is 4. The van der Waals surface area contributed by atoms with Crippen molar-refractivity contribution in [2.75, 3.05) is 7.11 Å². The van der Waals surface area contributed by atoms with Crippen molar-refractivity contribution in [3.05, 3.63) is 57.7 Å². The van der Waals surface area contributed by atoms with Crippen molar-refractivity contribution in [2.24, 2.45) is 51.4 Å². The average molecular weight is 815 g/mol. The summed E-state index contributed by atoms with van der Waals surface area (Å²) in [6, 6.07) is 0. The maximum Gasteiger partial charge on any atom is 0.333 e. The van der Waals surface area contributed by atoms with Crippen LogP contribution in [0.25, 0.3) is 5.57 Å². The van der Waals surface area contributed by atoms with Gasteiger partial charge in [-0.25, -0.2) is 4.79 Å². The monoisotopic (exact) mass is 814 g/mol. The highest BCUT2D eigenvalue weighted by molar-refractivity contribution is 6.14. The van der Waals surface area contributed by atoms with E-state index in [0.717, 1.165) is 11.1 Å². The molecule has 15 nitrogen and oxygen atoms in total. The standard InChI is InChI=1S/C44H54N4O11/c1-20(2)11-10-15-42(8)19-23-17-27(49)56-36-28(23)34(57-42)24(13-12-21(3)4)35-31(36)33(50)32-29(30(38(45)47-53)39(46)48-54)25-18-26-41(6,7)59-43(37(25)51,44(26,32)58-35)16-14-22(5)40(52)55-9/h11-12,14,19,25-26,29-30,32,53-54H,10,13,15-18H2,1-9H3,(H2,45,47)(H2,46,48)/b22-14-. The van der Waals surface area contributed by atoms with Gasteiger partial charge in [-0.1, -0.05) is 39.7 Å². The summed E-state index contributed by atoms with van der Waals surface area (Å²) in [7, 11) is 1.25. The molecule has 4 aliphatic heterocycles. The molecule has 4 bridgehead atoms. The lowest BCUT2D eigenvalue weighted by atomic mass is 9.41. The van der Waals surface area contributed by atoms with E-state index in [1.54, 1.807) is 13.0 Å². The number of hydrogen-bond donors (Lipinski definition) is 4. The van der Waals surface area contributed by atoms with Crippen LogP contribution in [-0.2, 0) is 30.3 Å². The van der Waals surface area contributed by atoms with E-state index >= 15 is 9.59 Å². The van der Waals surface area contributed by atoms with Gasteiger partial charge in [0.2, 0.25) is 0 Å². The predicted octanol–water partition coefficient (Wildman–Crippen LogP) is 5.72. The van der Waals surface area contributed by atoms with Gasteiger partial charge in [0.15, 0.2) is 28.5 Å². The second-order valence-corrected chi connectivity index (χ2v) is 18.0. The van der Waals surface area contributed by atoms with E-state index in [4.69, 9.17) is 35.2 Å². The van der Waals surface area contributed by atoms with Crippen LogP contribution in [-0.4, -0.2) is 75.1 Å². The minimum Gasteiger partial charge on any atom is -0.482 e. The first kappa shape index (κ1) is 41.7. The first-order chi connectivity index (χ1) is 27.7. The molecule has 6 N–H and O–H groups in total. The van der Waals surface area contributed by atoms with Crippen molar-refractivity contribution < 1.29 is 53.3 Å². The lowest BCUT2D eigenvalue weighted by molar-refractivity contribution is -0.212. The molecule has 3 aliphatic carbocycles. The maximum atomic E-state index is 16.1. The number of ether oxygens (including phenoxy) is 5. The summed E-state index contributed by atoms with van der Waals surface area (Å²) in [5, 5.41) is 26.5. The number of benzene rings is 1. The Labute approximate surface area is 343 Å². The Kier molecular flexibility index (Phi) is 10.2. The second-order valence-electron chi connectivity index (χ2n) is 18.0. The van der Waals surface area contributed by atoms with Crippen molar-refractivity contribution in [2.45, 2.75) is 116 Å². The molecule has 1 spiro atoms. The topological polar surface area (TPSA) is 232 Å². The van der Waals surface area contributed by atoms with Gasteiger partial charge in [-0.3, -0.25) is 14.4 Å². The minimum atomic E-state index is -1.88. The third kappa shape index (κ3) is 6.09. The Balaban J connectivity index is 1.58. The van der Waals surface area contributed by atoms with Gasteiger partial charge in [-0.15, -0.1) is 0 Å². The zero-order valence-electron chi connectivity index (χ0n) is 35.1. The largest absolute Gasteiger partial charge is 0.482 e. The lowest BCUT2D eigenvalue weighted by Gasteiger charge is -2.64. The molecule has 1 aromatic carbocycles. The zero-order valence-corrected chi connectivity index (χ0v) is 35.1. The van der Waals surface area contributed by atoms with Crippen molar-refractivity contribution >= 4 is 40.7 Å². The highest BCUT2D eigenvalue weighted by Gasteiger charge is 2.86. The van der Waals surface area contributed by atoms with E-state index in [9.17, 15) is 20.0 Å². The number of allylic oxidation sites excluding steroid dienone is 4. The summed E-state index contributed by atoms with van der Waals surface area (Å²) in [6.45, 7) is 15.1. The van der Waals surface area contributed by atoms with Crippen molar-refractivity contribution in [1.82, 2.24) is 0 Å². The van der Waals surface area contributed by atoms with Crippen LogP contribution < -0.4 is 25.7 Å². The quantitative estimate of drug-likeness (QED) is 0.0307. The van der Waals surface area contributed by atoms with Crippen LogP contribution in [0.5, 0.6) is 17.2 Å². The molecule has 59 heavy (non-hydrogen) atoms. The van der Waals surface area contributed by atoms with Gasteiger partial charge in [0.25, 0.3) is 0 Å². The fourth-order valence-corrected chi connectivity index (χ4v) is 10.9. The normalized spacial score (nSPS) is 31.7. The number of oxime groups is 2. The number of Topliss-reactive ketones (excluding diaryl/α,β-unsaturated/α-hetero) is 2. The summed E-state index contributed by atoms with van der Waals surface area (Å²) in [6.07, 6.45) is 9.00. The minimum absolute atomic E-state index is 0.0244. The van der Waals surface area contributed by atoms with Crippen LogP contribution in [0.3, 0.4) is 0 Å². The van der Waals surface area contributed by atoms with Crippen molar-refractivity contribution in [1.29, 1.82) is 0 Å². The predicted molar refractivity (Wildman–Crippen MR) is 215 cm³/mol. The Bertz CT molecular complexity index is 2220. The number of esters is 2. The molecule has 4 fully saturated rings. The summed E-state index contributed by atoms with van der Waals surface area (Å²) < 4.78 is 32.5. The molecule has 8 atom stereocenters. The molecule has 0 aromatic heterocycles. The summed E-state index contributed by atoms with van der Waals surface area (Å²) in [5.41, 5.74) is 10.9. The number of hydrogen-bond acceptors (Lipinski definition) is 13. The molecule has 0 amide bonds. The molecule has 316 valence electrons. The molecule has 15 heteroatoms. The smallest absolute Gasteiger partial charge is 0.333 e. The van der Waals surface area contributed by atoms with Gasteiger partial charge < -0.3 is 45.6 Å². The number of ketones is 2. The lowest BCUT2D eigenvalue weighted by Crippen LogP contribution is -2.80. The Morgan fingerprint density at radius 2 is 1.59 bits per heavy atom. The van der Waals surface area contributed by atoms with Crippen molar-refractivity contribution in [3.8, 4) is 17.2 Å². The van der Waals surface area contributed by atoms with Gasteiger partial charge in [-0.2, -0.15) is 0 Å².